The summed E-state index contributed by atoms with van der Waals surface area (Å²) in [7, 11) is 0. The van der Waals surface area contributed by atoms with Gasteiger partial charge in [0.1, 0.15) is 18.2 Å². The van der Waals surface area contributed by atoms with Gasteiger partial charge in [-0.25, -0.2) is 4.39 Å². The van der Waals surface area contributed by atoms with Crippen LogP contribution in [0.2, 0.25) is 0 Å². The molecule has 1 N–H and O–H groups in total. The zero-order valence-electron chi connectivity index (χ0n) is 15.9. The number of carbonyl (C=O) groups excluding carboxylic acids is 1. The van der Waals surface area contributed by atoms with Gasteiger partial charge in [-0.1, -0.05) is 43.7 Å². The fraction of sp³-hybridized carbons (Fsp3) is 0.409. The fourth-order valence-corrected chi connectivity index (χ4v) is 2.73. The maximum absolute atomic E-state index is 14.2. The molecule has 27 heavy (non-hydrogen) atoms. The summed E-state index contributed by atoms with van der Waals surface area (Å²) in [5.74, 6) is -0.290. The van der Waals surface area contributed by atoms with E-state index in [4.69, 9.17) is 9.47 Å². The summed E-state index contributed by atoms with van der Waals surface area (Å²) in [6, 6.07) is 12.2. The first-order valence-electron chi connectivity index (χ1n) is 9.37. The molecule has 0 aliphatic heterocycles. The molecular weight excluding hydrogens is 347 g/mol. The van der Waals surface area contributed by atoms with Crippen molar-refractivity contribution in [3.63, 3.8) is 0 Å². The SMILES string of the molecule is CCCC(O)c1ccc(COc2ccc(CCC(=O)OCC)c(F)c2)cc1. The Morgan fingerprint density at radius 1 is 1.15 bits per heavy atom. The van der Waals surface area contributed by atoms with Crippen molar-refractivity contribution in [2.45, 2.75) is 52.2 Å². The average molecular weight is 374 g/mol. The van der Waals surface area contributed by atoms with Gasteiger partial charge in [-0.05, 0) is 42.5 Å². The minimum Gasteiger partial charge on any atom is -0.489 e. The number of esters is 1. The van der Waals surface area contributed by atoms with Crippen LogP contribution in [-0.2, 0) is 22.6 Å². The Kier molecular flexibility index (Phi) is 8.27. The molecule has 0 saturated carbocycles. The molecule has 0 heterocycles. The second-order valence-corrected chi connectivity index (χ2v) is 6.39. The number of hydrogen-bond donors (Lipinski definition) is 1. The maximum Gasteiger partial charge on any atom is 0.306 e. The minimum atomic E-state index is -0.443. The number of carbonyl (C=O) groups is 1. The third kappa shape index (κ3) is 6.68. The summed E-state index contributed by atoms with van der Waals surface area (Å²) in [5.41, 5.74) is 2.29. The first-order valence-corrected chi connectivity index (χ1v) is 9.37. The molecule has 1 unspecified atom stereocenters. The number of aliphatic hydroxyl groups is 1. The van der Waals surface area contributed by atoms with E-state index < -0.39 is 11.9 Å². The number of aliphatic hydroxyl groups excluding tert-OH is 1. The van der Waals surface area contributed by atoms with Crippen LogP contribution in [-0.4, -0.2) is 17.7 Å². The average Bonchev–Trinajstić information content (AvgIpc) is 2.66. The summed E-state index contributed by atoms with van der Waals surface area (Å²) < 4.78 is 24.7. The Morgan fingerprint density at radius 2 is 1.89 bits per heavy atom. The highest BCUT2D eigenvalue weighted by molar-refractivity contribution is 5.69. The van der Waals surface area contributed by atoms with Crippen LogP contribution in [0.25, 0.3) is 0 Å². The monoisotopic (exact) mass is 374 g/mol. The number of ether oxygens (including phenoxy) is 2. The van der Waals surface area contributed by atoms with E-state index in [2.05, 4.69) is 0 Å². The molecule has 0 spiro atoms. The first kappa shape index (κ1) is 20.9. The van der Waals surface area contributed by atoms with Crippen molar-refractivity contribution in [1.29, 1.82) is 0 Å². The summed E-state index contributed by atoms with van der Waals surface area (Å²) in [6.07, 6.45) is 1.67. The predicted octanol–water partition coefficient (Wildman–Crippen LogP) is 4.73. The molecule has 146 valence electrons. The van der Waals surface area contributed by atoms with Gasteiger partial charge in [-0.3, -0.25) is 4.79 Å². The second-order valence-electron chi connectivity index (χ2n) is 6.39. The molecule has 0 radical (unpaired) electrons. The number of halogens is 1. The van der Waals surface area contributed by atoms with Gasteiger partial charge in [-0.2, -0.15) is 0 Å². The van der Waals surface area contributed by atoms with Crippen molar-refractivity contribution in [3.05, 3.63) is 65.0 Å². The Balaban J connectivity index is 1.88. The van der Waals surface area contributed by atoms with Crippen molar-refractivity contribution in [2.24, 2.45) is 0 Å². The molecule has 0 aliphatic carbocycles. The van der Waals surface area contributed by atoms with Crippen molar-refractivity contribution >= 4 is 5.97 Å². The molecule has 4 nitrogen and oxygen atoms in total. The third-order valence-corrected chi connectivity index (χ3v) is 4.26. The molecule has 2 aromatic rings. The maximum atomic E-state index is 14.2. The summed E-state index contributed by atoms with van der Waals surface area (Å²) in [5, 5.41) is 9.98. The topological polar surface area (TPSA) is 55.8 Å². The van der Waals surface area contributed by atoms with Crippen molar-refractivity contribution < 1.29 is 23.8 Å². The Hall–Kier alpha value is -2.40. The Labute approximate surface area is 159 Å². The van der Waals surface area contributed by atoms with Crippen molar-refractivity contribution in [2.75, 3.05) is 6.61 Å². The highest BCUT2D eigenvalue weighted by atomic mass is 19.1. The lowest BCUT2D eigenvalue weighted by Crippen LogP contribution is -2.06. The van der Waals surface area contributed by atoms with Gasteiger partial charge < -0.3 is 14.6 Å². The zero-order chi connectivity index (χ0) is 19.6. The van der Waals surface area contributed by atoms with E-state index in [1.807, 2.05) is 31.2 Å². The van der Waals surface area contributed by atoms with E-state index in [-0.39, 0.29) is 12.4 Å². The van der Waals surface area contributed by atoms with E-state index >= 15 is 0 Å². The highest BCUT2D eigenvalue weighted by Gasteiger charge is 2.09. The van der Waals surface area contributed by atoms with Crippen LogP contribution < -0.4 is 4.74 Å². The van der Waals surface area contributed by atoms with Crippen LogP contribution in [0.15, 0.2) is 42.5 Å². The number of benzene rings is 2. The molecule has 2 aromatic carbocycles. The molecular formula is C22H27FO4. The Morgan fingerprint density at radius 3 is 2.52 bits per heavy atom. The fourth-order valence-electron chi connectivity index (χ4n) is 2.73. The quantitative estimate of drug-likeness (QED) is 0.611. The van der Waals surface area contributed by atoms with Crippen molar-refractivity contribution in [1.82, 2.24) is 0 Å². The van der Waals surface area contributed by atoms with Gasteiger partial charge in [0.25, 0.3) is 0 Å². The number of rotatable bonds is 10. The van der Waals surface area contributed by atoms with Crippen LogP contribution in [0.3, 0.4) is 0 Å². The molecule has 0 aliphatic rings. The van der Waals surface area contributed by atoms with E-state index in [0.717, 1.165) is 24.0 Å². The van der Waals surface area contributed by atoms with Crippen LogP contribution >= 0.6 is 0 Å². The largest absolute Gasteiger partial charge is 0.489 e. The highest BCUT2D eigenvalue weighted by Crippen LogP contribution is 2.21. The standard InChI is InChI=1S/C22H27FO4/c1-3-5-21(24)18-8-6-16(7-9-18)15-27-19-12-10-17(20(23)14-19)11-13-22(25)26-4-2/h6-10,12,14,21,24H,3-5,11,13,15H2,1-2H3. The van der Waals surface area contributed by atoms with Crippen LogP contribution in [0.5, 0.6) is 5.75 Å². The van der Waals surface area contributed by atoms with Crippen molar-refractivity contribution in [3.8, 4) is 5.75 Å². The number of aryl methyl sites for hydroxylation is 1. The second kappa shape index (κ2) is 10.7. The summed E-state index contributed by atoms with van der Waals surface area (Å²) in [4.78, 5) is 11.4. The minimum absolute atomic E-state index is 0.154. The zero-order valence-corrected chi connectivity index (χ0v) is 15.9. The van der Waals surface area contributed by atoms with Crippen LogP contribution in [0.1, 0.15) is 55.9 Å². The van der Waals surface area contributed by atoms with Gasteiger partial charge in [-0.15, -0.1) is 0 Å². The molecule has 5 heteroatoms. The molecule has 1 atom stereocenters. The lowest BCUT2D eigenvalue weighted by Gasteiger charge is -2.11. The smallest absolute Gasteiger partial charge is 0.306 e. The first-order chi connectivity index (χ1) is 13.0. The molecule has 2 rings (SSSR count). The van der Waals surface area contributed by atoms with Gasteiger partial charge in [0.2, 0.25) is 0 Å². The molecule has 0 saturated heterocycles. The van der Waals surface area contributed by atoms with Crippen LogP contribution in [0.4, 0.5) is 4.39 Å². The predicted molar refractivity (Wildman–Crippen MR) is 102 cm³/mol. The van der Waals surface area contributed by atoms with E-state index in [0.29, 0.717) is 30.9 Å². The van der Waals surface area contributed by atoms with Gasteiger partial charge in [0.05, 0.1) is 12.7 Å². The van der Waals surface area contributed by atoms with Gasteiger partial charge >= 0.3 is 5.97 Å². The van der Waals surface area contributed by atoms with Gasteiger partial charge in [0.15, 0.2) is 0 Å². The molecule has 0 fully saturated rings. The molecule has 0 aromatic heterocycles. The Bertz CT molecular complexity index is 728. The van der Waals surface area contributed by atoms with E-state index in [1.165, 1.54) is 6.07 Å². The van der Waals surface area contributed by atoms with Crippen LogP contribution in [0, 0.1) is 5.82 Å². The summed E-state index contributed by atoms with van der Waals surface area (Å²) in [6.45, 7) is 4.41. The van der Waals surface area contributed by atoms with E-state index in [9.17, 15) is 14.3 Å². The third-order valence-electron chi connectivity index (χ3n) is 4.26. The lowest BCUT2D eigenvalue weighted by atomic mass is 10.0. The van der Waals surface area contributed by atoms with E-state index in [1.54, 1.807) is 19.1 Å². The lowest BCUT2D eigenvalue weighted by molar-refractivity contribution is -0.143. The molecule has 0 amide bonds. The van der Waals surface area contributed by atoms with Gasteiger partial charge in [0, 0.05) is 12.5 Å². The summed E-state index contributed by atoms with van der Waals surface area (Å²) >= 11 is 0. The normalized spacial score (nSPS) is 11.9. The number of hydrogen-bond acceptors (Lipinski definition) is 4. The molecule has 0 bridgehead atoms.